The molecule has 0 heterocycles. The summed E-state index contributed by atoms with van der Waals surface area (Å²) in [4.78, 5) is 10.1. The van der Waals surface area contributed by atoms with E-state index in [-0.39, 0.29) is 16.0 Å². The molecule has 0 bridgehead atoms. The van der Waals surface area contributed by atoms with Crippen molar-refractivity contribution in [3.63, 3.8) is 0 Å². The number of primary sulfonamides is 1. The third-order valence-corrected chi connectivity index (χ3v) is 5.37. The van der Waals surface area contributed by atoms with Crippen molar-refractivity contribution in [1.82, 2.24) is 0 Å². The summed E-state index contributed by atoms with van der Waals surface area (Å²) in [7, 11) is -4.01. The molecule has 1 aliphatic rings. The number of hydrogen-bond acceptors (Lipinski definition) is 5. The number of nitro benzene ring substituents is 1. The van der Waals surface area contributed by atoms with E-state index in [2.05, 4.69) is 17.4 Å². The fraction of sp³-hybridized carbons (Fsp3) is 0.294. The number of nitrogens with one attached hydrogen (secondary N) is 1. The number of hydrogen-bond donors (Lipinski definition) is 2. The van der Waals surface area contributed by atoms with Crippen LogP contribution in [0.4, 0.5) is 11.4 Å². The van der Waals surface area contributed by atoms with Crippen LogP contribution in [0.25, 0.3) is 0 Å². The molecule has 7 nitrogen and oxygen atoms in total. The minimum Gasteiger partial charge on any atom is -0.384 e. The summed E-state index contributed by atoms with van der Waals surface area (Å²) in [5.41, 5.74) is 1.43. The first-order valence-corrected chi connectivity index (χ1v) is 9.42. The molecule has 1 aliphatic carbocycles. The molecule has 0 atom stereocenters. The quantitative estimate of drug-likeness (QED) is 0.581. The molecular formula is C17H19N3O4S. The highest BCUT2D eigenvalue weighted by Crippen LogP contribution is 2.48. The van der Waals surface area contributed by atoms with E-state index in [9.17, 15) is 18.5 Å². The standard InChI is InChI=1S/C17H19N3O4S/c18-25(23,24)16-9-14(8-15(10-16)20(21)22)19-12-17(6-7-17)11-13-4-2-1-3-5-13/h1-5,8-10,19H,6-7,11-12H2,(H2,18,23,24). The Labute approximate surface area is 146 Å². The van der Waals surface area contributed by atoms with E-state index in [1.165, 1.54) is 17.7 Å². The summed E-state index contributed by atoms with van der Waals surface area (Å²) in [5.74, 6) is 0. The molecule has 0 aromatic heterocycles. The van der Waals surface area contributed by atoms with Crippen molar-refractivity contribution in [1.29, 1.82) is 0 Å². The van der Waals surface area contributed by atoms with Crippen molar-refractivity contribution in [2.75, 3.05) is 11.9 Å². The van der Waals surface area contributed by atoms with Gasteiger partial charge in [0.1, 0.15) is 0 Å². The zero-order chi connectivity index (χ0) is 18.1. The van der Waals surface area contributed by atoms with Crippen LogP contribution in [0.1, 0.15) is 18.4 Å². The topological polar surface area (TPSA) is 115 Å². The molecule has 0 amide bonds. The second-order valence-electron chi connectivity index (χ2n) is 6.53. The van der Waals surface area contributed by atoms with Gasteiger partial charge in [0, 0.05) is 24.4 Å². The zero-order valence-electron chi connectivity index (χ0n) is 13.5. The first-order valence-electron chi connectivity index (χ1n) is 7.88. The normalized spacial score (nSPS) is 15.6. The second-order valence-corrected chi connectivity index (χ2v) is 8.10. The average Bonchev–Trinajstić information content (AvgIpc) is 3.33. The van der Waals surface area contributed by atoms with Gasteiger partial charge in [-0.25, -0.2) is 13.6 Å². The van der Waals surface area contributed by atoms with Crippen molar-refractivity contribution in [3.05, 3.63) is 64.2 Å². The number of non-ortho nitro benzene ring substituents is 1. The summed E-state index contributed by atoms with van der Waals surface area (Å²) in [5, 5.41) is 19.3. The SMILES string of the molecule is NS(=O)(=O)c1cc(NCC2(Cc3ccccc3)CC2)cc([N+](=O)[O-])c1. The highest BCUT2D eigenvalue weighted by atomic mass is 32.2. The third-order valence-electron chi connectivity index (χ3n) is 4.48. The van der Waals surface area contributed by atoms with Crippen LogP contribution < -0.4 is 10.5 Å². The Kier molecular flexibility index (Phi) is 4.49. The fourth-order valence-electron chi connectivity index (χ4n) is 2.87. The number of benzene rings is 2. The number of nitro groups is 1. The number of nitrogens with zero attached hydrogens (tertiary/aromatic N) is 1. The van der Waals surface area contributed by atoms with E-state index < -0.39 is 14.9 Å². The Hall–Kier alpha value is -2.45. The molecule has 0 aliphatic heterocycles. The van der Waals surface area contributed by atoms with Gasteiger partial charge in [-0.15, -0.1) is 0 Å². The van der Waals surface area contributed by atoms with Crippen molar-refractivity contribution in [2.45, 2.75) is 24.2 Å². The summed E-state index contributed by atoms with van der Waals surface area (Å²) >= 11 is 0. The van der Waals surface area contributed by atoms with Gasteiger partial charge in [0.25, 0.3) is 5.69 Å². The van der Waals surface area contributed by atoms with Gasteiger partial charge in [0.2, 0.25) is 10.0 Å². The summed E-state index contributed by atoms with van der Waals surface area (Å²) in [6, 6.07) is 13.7. The largest absolute Gasteiger partial charge is 0.384 e. The lowest BCUT2D eigenvalue weighted by molar-refractivity contribution is -0.385. The molecule has 0 spiro atoms. The molecule has 3 N–H and O–H groups in total. The second kappa shape index (κ2) is 6.45. The van der Waals surface area contributed by atoms with Crippen molar-refractivity contribution in [2.24, 2.45) is 10.6 Å². The predicted molar refractivity (Wildman–Crippen MR) is 94.8 cm³/mol. The van der Waals surface area contributed by atoms with Gasteiger partial charge in [0.15, 0.2) is 0 Å². The van der Waals surface area contributed by atoms with Crippen LogP contribution in [0, 0.1) is 15.5 Å². The maximum absolute atomic E-state index is 11.5. The first kappa shape index (κ1) is 17.4. The highest BCUT2D eigenvalue weighted by molar-refractivity contribution is 7.89. The van der Waals surface area contributed by atoms with Gasteiger partial charge >= 0.3 is 0 Å². The number of rotatable bonds is 7. The predicted octanol–water partition coefficient (Wildman–Crippen LogP) is 2.68. The van der Waals surface area contributed by atoms with Crippen LogP contribution in [-0.4, -0.2) is 19.9 Å². The van der Waals surface area contributed by atoms with Gasteiger partial charge < -0.3 is 5.32 Å². The lowest BCUT2D eigenvalue weighted by Gasteiger charge is -2.17. The van der Waals surface area contributed by atoms with Crippen molar-refractivity contribution in [3.8, 4) is 0 Å². The zero-order valence-corrected chi connectivity index (χ0v) is 14.3. The molecule has 2 aromatic rings. The van der Waals surface area contributed by atoms with E-state index >= 15 is 0 Å². The molecule has 1 saturated carbocycles. The van der Waals surface area contributed by atoms with E-state index in [0.29, 0.717) is 12.2 Å². The summed E-state index contributed by atoms with van der Waals surface area (Å²) < 4.78 is 23.1. The highest BCUT2D eigenvalue weighted by Gasteiger charge is 2.42. The Morgan fingerprint density at radius 3 is 2.40 bits per heavy atom. The molecular weight excluding hydrogens is 342 g/mol. The fourth-order valence-corrected chi connectivity index (χ4v) is 3.44. The van der Waals surface area contributed by atoms with Crippen LogP contribution in [0.3, 0.4) is 0 Å². The molecule has 2 aromatic carbocycles. The molecule has 0 saturated heterocycles. The van der Waals surface area contributed by atoms with Gasteiger partial charge in [-0.3, -0.25) is 10.1 Å². The first-order chi connectivity index (χ1) is 11.8. The molecule has 3 rings (SSSR count). The molecule has 8 heteroatoms. The number of sulfonamides is 1. The average molecular weight is 361 g/mol. The Bertz CT molecular complexity index is 893. The monoisotopic (exact) mass is 361 g/mol. The maximum Gasteiger partial charge on any atom is 0.272 e. The van der Waals surface area contributed by atoms with Gasteiger partial charge in [-0.05, 0) is 36.3 Å². The van der Waals surface area contributed by atoms with Crippen LogP contribution in [0.15, 0.2) is 53.4 Å². The Balaban J connectivity index is 1.77. The molecule has 25 heavy (non-hydrogen) atoms. The van der Waals surface area contributed by atoms with Crippen LogP contribution in [0.2, 0.25) is 0 Å². The number of nitrogens with two attached hydrogens (primary N) is 1. The van der Waals surface area contributed by atoms with E-state index in [1.807, 2.05) is 18.2 Å². The lowest BCUT2D eigenvalue weighted by Crippen LogP contribution is -2.19. The molecule has 1 fully saturated rings. The smallest absolute Gasteiger partial charge is 0.272 e. The Morgan fingerprint density at radius 2 is 1.84 bits per heavy atom. The number of anilines is 1. The van der Waals surface area contributed by atoms with Gasteiger partial charge in [-0.1, -0.05) is 30.3 Å². The summed E-state index contributed by atoms with van der Waals surface area (Å²) in [6.07, 6.45) is 3.04. The molecule has 132 valence electrons. The Morgan fingerprint density at radius 1 is 1.16 bits per heavy atom. The van der Waals surface area contributed by atoms with Crippen molar-refractivity contribution >= 4 is 21.4 Å². The van der Waals surface area contributed by atoms with Crippen molar-refractivity contribution < 1.29 is 13.3 Å². The minimum absolute atomic E-state index is 0.105. The lowest BCUT2D eigenvalue weighted by atomic mass is 9.96. The summed E-state index contributed by atoms with van der Waals surface area (Å²) in [6.45, 7) is 0.618. The van der Waals surface area contributed by atoms with Crippen LogP contribution in [0.5, 0.6) is 0 Å². The maximum atomic E-state index is 11.5. The van der Waals surface area contributed by atoms with E-state index in [1.54, 1.807) is 0 Å². The van der Waals surface area contributed by atoms with E-state index in [4.69, 9.17) is 5.14 Å². The molecule has 0 unspecified atom stereocenters. The molecule has 0 radical (unpaired) electrons. The third kappa shape index (κ3) is 4.34. The minimum atomic E-state index is -4.01. The van der Waals surface area contributed by atoms with Gasteiger partial charge in [0.05, 0.1) is 9.82 Å². The van der Waals surface area contributed by atoms with E-state index in [0.717, 1.165) is 25.3 Å². The van der Waals surface area contributed by atoms with Crippen LogP contribution >= 0.6 is 0 Å². The van der Waals surface area contributed by atoms with Gasteiger partial charge in [-0.2, -0.15) is 0 Å². The van der Waals surface area contributed by atoms with Crippen LogP contribution in [-0.2, 0) is 16.4 Å².